The number of benzene rings is 1. The van der Waals surface area contributed by atoms with Gasteiger partial charge in [0.2, 0.25) is 0 Å². The number of rotatable bonds is 3. The normalized spacial score (nSPS) is 10.3. The molecular weight excluding hydrogens is 224 g/mol. The summed E-state index contributed by atoms with van der Waals surface area (Å²) in [6, 6.07) is 9.52. The minimum atomic E-state index is -4.10. The monoisotopic (exact) mass is 236 g/mol. The number of hydrogen-bond acceptors (Lipinski definition) is 6. The Morgan fingerprint density at radius 3 is 2.00 bits per heavy atom. The van der Waals surface area contributed by atoms with Crippen LogP contribution in [0.4, 0.5) is 0 Å². The highest BCUT2D eigenvalue weighted by Gasteiger charge is 2.04. The molecule has 6 nitrogen and oxygen atoms in total. The smallest absolute Gasteiger partial charge is 0.392 e. The maximum absolute atomic E-state index is 9.67. The van der Waals surface area contributed by atoms with Gasteiger partial charge in [0.05, 0.1) is 13.7 Å². The van der Waals surface area contributed by atoms with E-state index in [4.69, 9.17) is 10.4 Å². The SMILES string of the molecule is COS(=O)(=O)OO.OCc1ccccc1. The quantitative estimate of drug-likeness (QED) is 0.588. The van der Waals surface area contributed by atoms with Gasteiger partial charge in [-0.15, -0.1) is 0 Å². The zero-order valence-corrected chi connectivity index (χ0v) is 8.85. The maximum Gasteiger partial charge on any atom is 0.426 e. The van der Waals surface area contributed by atoms with E-state index >= 15 is 0 Å². The van der Waals surface area contributed by atoms with Crippen molar-refractivity contribution in [2.75, 3.05) is 7.11 Å². The Labute approximate surface area is 88.0 Å². The molecule has 0 heterocycles. The Hall–Kier alpha value is -0.990. The van der Waals surface area contributed by atoms with Gasteiger partial charge in [-0.2, -0.15) is 8.42 Å². The molecule has 1 aromatic carbocycles. The molecule has 15 heavy (non-hydrogen) atoms. The summed E-state index contributed by atoms with van der Waals surface area (Å²) in [4.78, 5) is 0. The molecule has 0 aliphatic rings. The van der Waals surface area contributed by atoms with E-state index in [1.54, 1.807) is 0 Å². The molecule has 0 unspecified atom stereocenters. The third kappa shape index (κ3) is 7.00. The fraction of sp³-hybridized carbons (Fsp3) is 0.250. The second-order valence-corrected chi connectivity index (χ2v) is 3.59. The Kier molecular flexibility index (Phi) is 6.84. The molecule has 0 aromatic heterocycles. The van der Waals surface area contributed by atoms with Crippen LogP contribution in [-0.2, 0) is 25.5 Å². The van der Waals surface area contributed by atoms with Crippen LogP contribution in [0.2, 0.25) is 0 Å². The first-order valence-corrected chi connectivity index (χ1v) is 5.17. The molecule has 0 aliphatic heterocycles. The largest absolute Gasteiger partial charge is 0.426 e. The van der Waals surface area contributed by atoms with Crippen molar-refractivity contribution >= 4 is 10.4 Å². The lowest BCUT2D eigenvalue weighted by Gasteiger charge is -1.89. The summed E-state index contributed by atoms with van der Waals surface area (Å²) >= 11 is 0. The van der Waals surface area contributed by atoms with E-state index in [9.17, 15) is 8.42 Å². The van der Waals surface area contributed by atoms with Crippen LogP contribution in [0, 0.1) is 0 Å². The maximum atomic E-state index is 9.67. The molecular formula is C8H12O6S. The van der Waals surface area contributed by atoms with Crippen LogP contribution in [0.1, 0.15) is 5.56 Å². The van der Waals surface area contributed by atoms with Gasteiger partial charge in [-0.25, -0.2) is 9.44 Å². The van der Waals surface area contributed by atoms with Gasteiger partial charge >= 0.3 is 10.4 Å². The second-order valence-electron chi connectivity index (χ2n) is 2.29. The first-order valence-electron chi connectivity index (χ1n) is 3.84. The van der Waals surface area contributed by atoms with Crippen molar-refractivity contribution in [2.45, 2.75) is 6.61 Å². The lowest BCUT2D eigenvalue weighted by molar-refractivity contribution is -0.141. The average molecular weight is 236 g/mol. The highest BCUT2D eigenvalue weighted by atomic mass is 32.3. The molecule has 0 saturated carbocycles. The molecule has 0 bridgehead atoms. The molecule has 0 saturated heterocycles. The summed E-state index contributed by atoms with van der Waals surface area (Å²) in [6.45, 7) is 0.140. The molecule has 0 radical (unpaired) electrons. The zero-order valence-electron chi connectivity index (χ0n) is 8.03. The Bertz CT molecular complexity index is 337. The van der Waals surface area contributed by atoms with Crippen LogP contribution < -0.4 is 0 Å². The third-order valence-electron chi connectivity index (χ3n) is 1.32. The van der Waals surface area contributed by atoms with Gasteiger partial charge in [0.25, 0.3) is 0 Å². The van der Waals surface area contributed by atoms with Crippen molar-refractivity contribution in [3.8, 4) is 0 Å². The molecule has 7 heteroatoms. The molecule has 1 aromatic rings. The first kappa shape index (κ1) is 14.0. The Balaban J connectivity index is 0.000000265. The molecule has 86 valence electrons. The van der Waals surface area contributed by atoms with Gasteiger partial charge in [-0.3, -0.25) is 0 Å². The summed E-state index contributed by atoms with van der Waals surface area (Å²) in [5.41, 5.74) is 0.965. The van der Waals surface area contributed by atoms with E-state index in [-0.39, 0.29) is 6.61 Å². The van der Waals surface area contributed by atoms with Crippen molar-refractivity contribution in [1.82, 2.24) is 0 Å². The highest BCUT2D eigenvalue weighted by Crippen LogP contribution is 1.95. The van der Waals surface area contributed by atoms with Gasteiger partial charge in [0.1, 0.15) is 0 Å². The number of hydrogen-bond donors (Lipinski definition) is 2. The van der Waals surface area contributed by atoms with Crippen molar-refractivity contribution in [3.05, 3.63) is 35.9 Å². The standard InChI is InChI=1S/C7H8O.CH4O5S/c8-6-7-4-2-1-3-5-7;1-5-7(3,4)6-2/h1-5,8H,6H2;2H,1H3. The second kappa shape index (κ2) is 7.32. The highest BCUT2D eigenvalue weighted by molar-refractivity contribution is 7.81. The Morgan fingerprint density at radius 2 is 1.80 bits per heavy atom. The summed E-state index contributed by atoms with van der Waals surface area (Å²) in [6.07, 6.45) is 0. The zero-order chi connectivity index (χ0) is 11.7. The van der Waals surface area contributed by atoms with E-state index < -0.39 is 10.4 Å². The van der Waals surface area contributed by atoms with E-state index in [0.717, 1.165) is 12.7 Å². The van der Waals surface area contributed by atoms with Crippen LogP contribution >= 0.6 is 0 Å². The fourth-order valence-electron chi connectivity index (χ4n) is 0.614. The molecule has 1 rings (SSSR count). The molecule has 0 spiro atoms. The van der Waals surface area contributed by atoms with Crippen LogP contribution in [0.25, 0.3) is 0 Å². The predicted octanol–water partition coefficient (Wildman–Crippen LogP) is 0.546. The fourth-order valence-corrected chi connectivity index (χ4v) is 0.675. The summed E-state index contributed by atoms with van der Waals surface area (Å²) in [5.74, 6) is 0. The van der Waals surface area contributed by atoms with E-state index in [1.165, 1.54) is 0 Å². The van der Waals surface area contributed by atoms with E-state index in [2.05, 4.69) is 8.52 Å². The molecule has 0 aliphatic carbocycles. The van der Waals surface area contributed by atoms with Crippen molar-refractivity contribution in [3.63, 3.8) is 0 Å². The van der Waals surface area contributed by atoms with E-state index in [0.29, 0.717) is 0 Å². The Morgan fingerprint density at radius 1 is 1.27 bits per heavy atom. The number of aliphatic hydroxyl groups excluding tert-OH is 1. The van der Waals surface area contributed by atoms with Crippen LogP contribution in [0.15, 0.2) is 30.3 Å². The number of aliphatic hydroxyl groups is 1. The molecule has 0 amide bonds. The first-order chi connectivity index (χ1) is 7.05. The molecule has 2 N–H and O–H groups in total. The average Bonchev–Trinajstić information content (AvgIpc) is 2.31. The van der Waals surface area contributed by atoms with Crippen LogP contribution in [-0.4, -0.2) is 25.9 Å². The lowest BCUT2D eigenvalue weighted by Crippen LogP contribution is -2.03. The van der Waals surface area contributed by atoms with Gasteiger partial charge in [-0.1, -0.05) is 34.7 Å². The van der Waals surface area contributed by atoms with Crippen molar-refractivity contribution in [1.29, 1.82) is 0 Å². The van der Waals surface area contributed by atoms with Crippen LogP contribution in [0.5, 0.6) is 0 Å². The summed E-state index contributed by atoms with van der Waals surface area (Å²) in [7, 11) is -3.24. The lowest BCUT2D eigenvalue weighted by atomic mass is 10.2. The molecule has 0 fully saturated rings. The minimum absolute atomic E-state index is 0.140. The molecule has 0 atom stereocenters. The van der Waals surface area contributed by atoms with Gasteiger partial charge in [-0.05, 0) is 5.56 Å². The predicted molar refractivity (Wildman–Crippen MR) is 52.0 cm³/mol. The van der Waals surface area contributed by atoms with Gasteiger partial charge in [0, 0.05) is 0 Å². The third-order valence-corrected chi connectivity index (χ3v) is 1.91. The van der Waals surface area contributed by atoms with Crippen LogP contribution in [0.3, 0.4) is 0 Å². The summed E-state index contributed by atoms with van der Waals surface area (Å²) < 4.78 is 25.8. The van der Waals surface area contributed by atoms with Gasteiger partial charge in [0.15, 0.2) is 0 Å². The topological polar surface area (TPSA) is 93.1 Å². The van der Waals surface area contributed by atoms with Gasteiger partial charge < -0.3 is 5.11 Å². The van der Waals surface area contributed by atoms with Crippen molar-refractivity contribution < 1.29 is 27.3 Å². The minimum Gasteiger partial charge on any atom is -0.392 e. The summed E-state index contributed by atoms with van der Waals surface area (Å²) in [5, 5.41) is 15.9. The van der Waals surface area contributed by atoms with Crippen molar-refractivity contribution in [2.24, 2.45) is 0 Å². The van der Waals surface area contributed by atoms with E-state index in [1.807, 2.05) is 30.3 Å².